The number of methoxy groups -OCH3 is 1. The summed E-state index contributed by atoms with van der Waals surface area (Å²) in [5.41, 5.74) is 0. The molecule has 0 aliphatic carbocycles. The van der Waals surface area contributed by atoms with Crippen LogP contribution in [0.4, 0.5) is 0 Å². The molecule has 7 heteroatoms. The van der Waals surface area contributed by atoms with Gasteiger partial charge in [-0.15, -0.1) is 0 Å². The smallest absolute Gasteiger partial charge is 0.305 e. The second-order valence-corrected chi connectivity index (χ2v) is 7.25. The van der Waals surface area contributed by atoms with E-state index in [0.717, 1.165) is 3.57 Å². The number of carbonyl (C=O) groups is 1. The van der Waals surface area contributed by atoms with Crippen LogP contribution in [0.3, 0.4) is 0 Å². The molecule has 0 aliphatic heterocycles. The number of hydrogen-bond acceptors (Lipinski definition) is 4. The van der Waals surface area contributed by atoms with Gasteiger partial charge in [0.25, 0.3) is 0 Å². The van der Waals surface area contributed by atoms with Gasteiger partial charge in [-0.2, -0.15) is 0 Å². The minimum absolute atomic E-state index is 0.211. The lowest BCUT2D eigenvalue weighted by Crippen LogP contribution is -2.28. The van der Waals surface area contributed by atoms with Gasteiger partial charge < -0.3 is 4.74 Å². The summed E-state index contributed by atoms with van der Waals surface area (Å²) in [7, 11) is -0.664. The first-order valence-corrected chi connectivity index (χ1v) is 8.18. The van der Waals surface area contributed by atoms with Gasteiger partial charge in [0.05, 0.1) is 12.0 Å². The molecular weight excluding hydrogens is 381 g/mol. The Bertz CT molecular complexity index is 527. The molecule has 0 radical (unpaired) electrons. The predicted molar refractivity (Wildman–Crippen MR) is 80.2 cm³/mol. The first-order valence-electron chi connectivity index (χ1n) is 5.66. The zero-order valence-electron chi connectivity index (χ0n) is 10.8. The molecular formula is C12H16INO4S. The van der Waals surface area contributed by atoms with E-state index in [-0.39, 0.29) is 23.8 Å². The van der Waals surface area contributed by atoms with E-state index < -0.39 is 10.0 Å². The molecule has 19 heavy (non-hydrogen) atoms. The highest BCUT2D eigenvalue weighted by atomic mass is 127. The molecule has 1 rings (SSSR count). The Morgan fingerprint density at radius 1 is 1.32 bits per heavy atom. The molecule has 0 bridgehead atoms. The van der Waals surface area contributed by atoms with Gasteiger partial charge in [-0.25, -0.2) is 12.7 Å². The van der Waals surface area contributed by atoms with Crippen molar-refractivity contribution >= 4 is 38.6 Å². The SMILES string of the molecule is COC(=O)CCCN(C)S(=O)(=O)c1ccc(I)cc1. The molecule has 0 aliphatic rings. The van der Waals surface area contributed by atoms with Crippen LogP contribution in [0, 0.1) is 3.57 Å². The third kappa shape index (κ3) is 4.73. The molecule has 0 unspecified atom stereocenters. The second-order valence-electron chi connectivity index (χ2n) is 3.96. The van der Waals surface area contributed by atoms with Gasteiger partial charge in [-0.05, 0) is 53.3 Å². The standard InChI is InChI=1S/C12H16INO4S/c1-14(9-3-4-12(15)18-2)19(16,17)11-7-5-10(13)6-8-11/h5-8H,3-4,9H2,1-2H3. The van der Waals surface area contributed by atoms with Crippen LogP contribution in [0.5, 0.6) is 0 Å². The Balaban J connectivity index is 2.67. The minimum Gasteiger partial charge on any atom is -0.469 e. The average Bonchev–Trinajstić information content (AvgIpc) is 2.38. The second kappa shape index (κ2) is 7.20. The Labute approximate surface area is 127 Å². The topological polar surface area (TPSA) is 63.7 Å². The fourth-order valence-corrected chi connectivity index (χ4v) is 3.02. The van der Waals surface area contributed by atoms with Gasteiger partial charge in [-0.3, -0.25) is 4.79 Å². The fraction of sp³-hybridized carbons (Fsp3) is 0.417. The van der Waals surface area contributed by atoms with Crippen molar-refractivity contribution in [2.75, 3.05) is 20.7 Å². The van der Waals surface area contributed by atoms with Gasteiger partial charge in [0.15, 0.2) is 0 Å². The van der Waals surface area contributed by atoms with E-state index >= 15 is 0 Å². The maximum Gasteiger partial charge on any atom is 0.305 e. The van der Waals surface area contributed by atoms with E-state index in [1.807, 2.05) is 0 Å². The van der Waals surface area contributed by atoms with Gasteiger partial charge in [-0.1, -0.05) is 0 Å². The maximum atomic E-state index is 12.2. The van der Waals surface area contributed by atoms with Crippen LogP contribution in [-0.4, -0.2) is 39.4 Å². The first kappa shape index (κ1) is 16.4. The van der Waals surface area contributed by atoms with Crippen molar-refractivity contribution in [1.82, 2.24) is 4.31 Å². The molecule has 0 N–H and O–H groups in total. The zero-order chi connectivity index (χ0) is 14.5. The molecule has 0 atom stereocenters. The zero-order valence-corrected chi connectivity index (χ0v) is 13.8. The summed E-state index contributed by atoms with van der Waals surface area (Å²) in [6.45, 7) is 0.281. The van der Waals surface area contributed by atoms with Crippen molar-refractivity contribution < 1.29 is 17.9 Å². The van der Waals surface area contributed by atoms with Crippen molar-refractivity contribution in [3.63, 3.8) is 0 Å². The van der Waals surface area contributed by atoms with Crippen LogP contribution in [0.25, 0.3) is 0 Å². The Morgan fingerprint density at radius 2 is 1.89 bits per heavy atom. The number of ether oxygens (including phenoxy) is 1. The number of esters is 1. The van der Waals surface area contributed by atoms with Crippen LogP contribution in [0.15, 0.2) is 29.2 Å². The molecule has 0 amide bonds. The van der Waals surface area contributed by atoms with E-state index in [0.29, 0.717) is 6.42 Å². The molecule has 0 saturated heterocycles. The summed E-state index contributed by atoms with van der Waals surface area (Å²) in [6, 6.07) is 6.65. The molecule has 1 aromatic carbocycles. The van der Waals surface area contributed by atoms with E-state index in [4.69, 9.17) is 0 Å². The summed E-state index contributed by atoms with van der Waals surface area (Å²) in [5.74, 6) is -0.333. The third-order valence-electron chi connectivity index (χ3n) is 2.60. The molecule has 0 aromatic heterocycles. The number of carbonyl (C=O) groups excluding carboxylic acids is 1. The van der Waals surface area contributed by atoms with Gasteiger partial charge >= 0.3 is 5.97 Å². The first-order chi connectivity index (χ1) is 8.87. The monoisotopic (exact) mass is 397 g/mol. The fourth-order valence-electron chi connectivity index (χ4n) is 1.45. The molecule has 1 aromatic rings. The van der Waals surface area contributed by atoms with Crippen LogP contribution in [0.2, 0.25) is 0 Å². The van der Waals surface area contributed by atoms with E-state index in [2.05, 4.69) is 27.3 Å². The highest BCUT2D eigenvalue weighted by Crippen LogP contribution is 2.16. The summed E-state index contributed by atoms with van der Waals surface area (Å²) in [6.07, 6.45) is 0.649. The van der Waals surface area contributed by atoms with Crippen molar-refractivity contribution in [3.05, 3.63) is 27.8 Å². The van der Waals surface area contributed by atoms with Crippen molar-refractivity contribution in [2.45, 2.75) is 17.7 Å². The maximum absolute atomic E-state index is 12.2. The highest BCUT2D eigenvalue weighted by Gasteiger charge is 2.20. The minimum atomic E-state index is -3.48. The number of nitrogens with zero attached hydrogens (tertiary/aromatic N) is 1. The van der Waals surface area contributed by atoms with Crippen molar-refractivity contribution in [1.29, 1.82) is 0 Å². The Hall–Kier alpha value is -0.670. The lowest BCUT2D eigenvalue weighted by molar-refractivity contribution is -0.140. The summed E-state index contributed by atoms with van der Waals surface area (Å²) < 4.78 is 31.1. The van der Waals surface area contributed by atoms with Gasteiger partial charge in [0.2, 0.25) is 10.0 Å². The largest absolute Gasteiger partial charge is 0.469 e. The van der Waals surface area contributed by atoms with Crippen LogP contribution in [0.1, 0.15) is 12.8 Å². The van der Waals surface area contributed by atoms with E-state index in [9.17, 15) is 13.2 Å². The summed E-state index contributed by atoms with van der Waals surface area (Å²) in [4.78, 5) is 11.2. The normalized spacial score (nSPS) is 11.6. The number of sulfonamides is 1. The molecule has 0 fully saturated rings. The van der Waals surface area contributed by atoms with Gasteiger partial charge in [0.1, 0.15) is 0 Å². The van der Waals surface area contributed by atoms with E-state index in [1.165, 1.54) is 18.5 Å². The van der Waals surface area contributed by atoms with Crippen molar-refractivity contribution in [3.8, 4) is 0 Å². The third-order valence-corrected chi connectivity index (χ3v) is 5.19. The van der Waals surface area contributed by atoms with Crippen LogP contribution in [-0.2, 0) is 19.6 Å². The molecule has 0 spiro atoms. The number of benzene rings is 1. The quantitative estimate of drug-likeness (QED) is 0.543. The molecule has 106 valence electrons. The number of hydrogen-bond donors (Lipinski definition) is 0. The van der Waals surface area contributed by atoms with Crippen LogP contribution >= 0.6 is 22.6 Å². The van der Waals surface area contributed by atoms with Crippen molar-refractivity contribution in [2.24, 2.45) is 0 Å². The summed E-state index contributed by atoms with van der Waals surface area (Å²) in [5, 5.41) is 0. The molecule has 0 heterocycles. The Kier molecular flexibility index (Phi) is 6.21. The number of rotatable bonds is 6. The lowest BCUT2D eigenvalue weighted by Gasteiger charge is -2.16. The number of halogens is 1. The molecule has 0 saturated carbocycles. The van der Waals surface area contributed by atoms with Gasteiger partial charge in [0, 0.05) is 23.6 Å². The average molecular weight is 397 g/mol. The lowest BCUT2D eigenvalue weighted by atomic mass is 10.3. The highest BCUT2D eigenvalue weighted by molar-refractivity contribution is 14.1. The van der Waals surface area contributed by atoms with E-state index in [1.54, 1.807) is 24.3 Å². The predicted octanol–water partition coefficient (Wildman–Crippen LogP) is 1.86. The van der Waals surface area contributed by atoms with Crippen LogP contribution < -0.4 is 0 Å². The Morgan fingerprint density at radius 3 is 2.42 bits per heavy atom. The molecule has 5 nitrogen and oxygen atoms in total. The summed E-state index contributed by atoms with van der Waals surface area (Å²) >= 11 is 2.12.